The number of thioether (sulfide) groups is 1. The zero-order valence-electron chi connectivity index (χ0n) is 9.12. The maximum Gasteiger partial charge on any atom is 0.124 e. The third-order valence-electron chi connectivity index (χ3n) is 2.64. The van der Waals surface area contributed by atoms with Crippen molar-refractivity contribution in [1.29, 1.82) is 0 Å². The van der Waals surface area contributed by atoms with Crippen molar-refractivity contribution in [3.05, 3.63) is 29.6 Å². The normalized spacial score (nSPS) is 17.6. The number of hydrogen-bond donors (Lipinski definition) is 1. The maximum absolute atomic E-state index is 13.3. The van der Waals surface area contributed by atoms with E-state index < -0.39 is 0 Å². The molecule has 1 aromatic rings. The summed E-state index contributed by atoms with van der Waals surface area (Å²) in [4.78, 5) is 0.979. The van der Waals surface area contributed by atoms with Crippen LogP contribution in [0.4, 0.5) is 4.39 Å². The molecule has 1 aliphatic heterocycles. The Morgan fingerprint density at radius 2 is 2.06 bits per heavy atom. The third-order valence-corrected chi connectivity index (χ3v) is 3.95. The lowest BCUT2D eigenvalue weighted by molar-refractivity contribution is 0.100. The van der Waals surface area contributed by atoms with Gasteiger partial charge in [-0.1, -0.05) is 0 Å². The minimum atomic E-state index is -0.197. The number of rotatable bonds is 3. The molecule has 0 spiro atoms. The van der Waals surface area contributed by atoms with Crippen molar-refractivity contribution in [2.75, 3.05) is 13.2 Å². The van der Waals surface area contributed by atoms with Crippen molar-refractivity contribution >= 4 is 11.8 Å². The lowest BCUT2D eigenvalue weighted by Gasteiger charge is -2.21. The zero-order valence-corrected chi connectivity index (χ0v) is 9.93. The van der Waals surface area contributed by atoms with Crippen LogP contribution in [0.2, 0.25) is 0 Å². The zero-order chi connectivity index (χ0) is 11.4. The van der Waals surface area contributed by atoms with Gasteiger partial charge in [-0.05, 0) is 36.6 Å². The average molecular weight is 241 g/mol. The first-order chi connectivity index (χ1) is 7.78. The Morgan fingerprint density at radius 1 is 1.31 bits per heavy atom. The molecule has 0 saturated carbocycles. The number of hydrogen-bond acceptors (Lipinski definition) is 3. The lowest BCUT2D eigenvalue weighted by Crippen LogP contribution is -2.17. The van der Waals surface area contributed by atoms with Crippen LogP contribution in [0, 0.1) is 5.82 Å². The summed E-state index contributed by atoms with van der Waals surface area (Å²) < 4.78 is 18.6. The van der Waals surface area contributed by atoms with Crippen molar-refractivity contribution < 1.29 is 9.13 Å². The highest BCUT2D eigenvalue weighted by molar-refractivity contribution is 8.00. The van der Waals surface area contributed by atoms with E-state index in [-0.39, 0.29) is 5.82 Å². The Morgan fingerprint density at radius 3 is 2.75 bits per heavy atom. The highest BCUT2D eigenvalue weighted by atomic mass is 32.2. The molecule has 2 rings (SSSR count). The van der Waals surface area contributed by atoms with Gasteiger partial charge in [0.2, 0.25) is 0 Å². The number of halogens is 1. The summed E-state index contributed by atoms with van der Waals surface area (Å²) in [5, 5.41) is 0.543. The Hall–Kier alpha value is -0.580. The van der Waals surface area contributed by atoms with E-state index in [0.717, 1.165) is 36.5 Å². The lowest BCUT2D eigenvalue weighted by atomic mass is 10.2. The summed E-state index contributed by atoms with van der Waals surface area (Å²) >= 11 is 1.73. The first-order valence-electron chi connectivity index (χ1n) is 5.52. The Labute approximate surface area is 99.4 Å². The quantitative estimate of drug-likeness (QED) is 0.883. The maximum atomic E-state index is 13.3. The van der Waals surface area contributed by atoms with Crippen LogP contribution in [0.15, 0.2) is 23.1 Å². The predicted molar refractivity (Wildman–Crippen MR) is 64.0 cm³/mol. The molecular formula is C12H16FNOS. The first kappa shape index (κ1) is 11.9. The molecule has 0 unspecified atom stereocenters. The molecule has 0 atom stereocenters. The first-order valence-corrected chi connectivity index (χ1v) is 6.40. The van der Waals surface area contributed by atoms with Gasteiger partial charge in [0.1, 0.15) is 5.82 Å². The molecule has 0 aliphatic carbocycles. The summed E-state index contributed by atoms with van der Waals surface area (Å²) in [7, 11) is 0. The van der Waals surface area contributed by atoms with Gasteiger partial charge in [-0.3, -0.25) is 0 Å². The van der Waals surface area contributed by atoms with Crippen LogP contribution in [-0.4, -0.2) is 18.5 Å². The largest absolute Gasteiger partial charge is 0.381 e. The second-order valence-electron chi connectivity index (χ2n) is 3.93. The number of benzene rings is 1. The minimum Gasteiger partial charge on any atom is -0.381 e. The minimum absolute atomic E-state index is 0.197. The van der Waals surface area contributed by atoms with E-state index in [1.807, 2.05) is 6.07 Å². The molecule has 1 aromatic carbocycles. The van der Waals surface area contributed by atoms with Gasteiger partial charge in [-0.25, -0.2) is 4.39 Å². The standard InChI is InChI=1S/C12H16FNOS/c13-10-5-9(8-14)6-12(7-10)16-11-1-3-15-4-2-11/h5-7,11H,1-4,8,14H2. The fourth-order valence-corrected chi connectivity index (χ4v) is 3.01. The molecular weight excluding hydrogens is 225 g/mol. The average Bonchev–Trinajstić information content (AvgIpc) is 2.29. The van der Waals surface area contributed by atoms with Gasteiger partial charge in [0.05, 0.1) is 0 Å². The van der Waals surface area contributed by atoms with E-state index in [2.05, 4.69) is 0 Å². The number of ether oxygens (including phenoxy) is 1. The molecule has 0 bridgehead atoms. The molecule has 1 fully saturated rings. The Balaban J connectivity index is 2.04. The van der Waals surface area contributed by atoms with Gasteiger partial charge in [0.15, 0.2) is 0 Å². The van der Waals surface area contributed by atoms with Crippen LogP contribution >= 0.6 is 11.8 Å². The van der Waals surface area contributed by atoms with Crippen molar-refractivity contribution in [3.8, 4) is 0 Å². The van der Waals surface area contributed by atoms with Crippen LogP contribution in [0.5, 0.6) is 0 Å². The molecule has 4 heteroatoms. The third kappa shape index (κ3) is 3.20. The SMILES string of the molecule is NCc1cc(F)cc(SC2CCOCC2)c1. The molecule has 1 aliphatic rings. The summed E-state index contributed by atoms with van der Waals surface area (Å²) in [5.74, 6) is -0.197. The Kier molecular flexibility index (Phi) is 4.21. The van der Waals surface area contributed by atoms with Gasteiger partial charge >= 0.3 is 0 Å². The van der Waals surface area contributed by atoms with Crippen LogP contribution < -0.4 is 5.73 Å². The van der Waals surface area contributed by atoms with Crippen LogP contribution in [-0.2, 0) is 11.3 Å². The topological polar surface area (TPSA) is 35.2 Å². The second kappa shape index (κ2) is 5.66. The predicted octanol–water partition coefficient (Wildman–Crippen LogP) is 2.56. The molecule has 1 heterocycles. The van der Waals surface area contributed by atoms with Gasteiger partial charge < -0.3 is 10.5 Å². The van der Waals surface area contributed by atoms with Crippen molar-refractivity contribution in [1.82, 2.24) is 0 Å². The van der Waals surface area contributed by atoms with E-state index >= 15 is 0 Å². The summed E-state index contributed by atoms with van der Waals surface area (Å²) in [6.07, 6.45) is 2.08. The molecule has 0 radical (unpaired) electrons. The summed E-state index contributed by atoms with van der Waals surface area (Å²) in [6.45, 7) is 2.02. The molecule has 16 heavy (non-hydrogen) atoms. The summed E-state index contributed by atoms with van der Waals surface area (Å²) in [6, 6.07) is 5.05. The molecule has 1 saturated heterocycles. The molecule has 88 valence electrons. The highest BCUT2D eigenvalue weighted by Crippen LogP contribution is 2.30. The van der Waals surface area contributed by atoms with Gasteiger partial charge in [-0.2, -0.15) is 0 Å². The van der Waals surface area contributed by atoms with E-state index in [1.54, 1.807) is 17.8 Å². The fraction of sp³-hybridized carbons (Fsp3) is 0.500. The van der Waals surface area contributed by atoms with Crippen LogP contribution in [0.25, 0.3) is 0 Å². The second-order valence-corrected chi connectivity index (χ2v) is 5.30. The Bertz CT molecular complexity index is 353. The van der Waals surface area contributed by atoms with Gasteiger partial charge in [0.25, 0.3) is 0 Å². The highest BCUT2D eigenvalue weighted by Gasteiger charge is 2.15. The van der Waals surface area contributed by atoms with E-state index in [0.29, 0.717) is 11.8 Å². The number of nitrogens with two attached hydrogens (primary N) is 1. The van der Waals surface area contributed by atoms with E-state index in [4.69, 9.17) is 10.5 Å². The summed E-state index contributed by atoms with van der Waals surface area (Å²) in [5.41, 5.74) is 6.38. The van der Waals surface area contributed by atoms with E-state index in [9.17, 15) is 4.39 Å². The van der Waals surface area contributed by atoms with E-state index in [1.165, 1.54) is 6.07 Å². The molecule has 2 N–H and O–H groups in total. The van der Waals surface area contributed by atoms with Crippen LogP contribution in [0.3, 0.4) is 0 Å². The van der Waals surface area contributed by atoms with Crippen molar-refractivity contribution in [3.63, 3.8) is 0 Å². The smallest absolute Gasteiger partial charge is 0.124 e. The van der Waals surface area contributed by atoms with Crippen molar-refractivity contribution in [2.45, 2.75) is 29.5 Å². The van der Waals surface area contributed by atoms with Gasteiger partial charge in [-0.15, -0.1) is 11.8 Å². The fourth-order valence-electron chi connectivity index (χ4n) is 1.79. The molecule has 0 aromatic heterocycles. The molecule has 2 nitrogen and oxygen atoms in total. The molecule has 0 amide bonds. The van der Waals surface area contributed by atoms with Crippen molar-refractivity contribution in [2.24, 2.45) is 5.73 Å². The van der Waals surface area contributed by atoms with Crippen LogP contribution in [0.1, 0.15) is 18.4 Å². The monoisotopic (exact) mass is 241 g/mol. The van der Waals surface area contributed by atoms with Gasteiger partial charge in [0, 0.05) is 29.9 Å².